The molecule has 3 amide bonds. The zero-order chi connectivity index (χ0) is 22.8. The maximum Gasteiger partial charge on any atom is 0.273 e. The molecule has 1 heterocycles. The van der Waals surface area contributed by atoms with Crippen molar-refractivity contribution in [1.29, 1.82) is 0 Å². The predicted molar refractivity (Wildman–Crippen MR) is 117 cm³/mol. The van der Waals surface area contributed by atoms with Gasteiger partial charge in [-0.15, -0.1) is 0 Å². The molecule has 1 aliphatic heterocycles. The summed E-state index contributed by atoms with van der Waals surface area (Å²) in [7, 11) is 1.48. The number of Topliss-reactive ketones (excluding diaryl/α,β-unsaturated/α-hetero) is 1. The van der Waals surface area contributed by atoms with Gasteiger partial charge in [0.15, 0.2) is 5.78 Å². The van der Waals surface area contributed by atoms with Crippen LogP contribution in [-0.4, -0.2) is 47.2 Å². The van der Waals surface area contributed by atoms with Crippen molar-refractivity contribution >= 4 is 35.1 Å². The normalized spacial score (nSPS) is 19.6. The number of imide groups is 1. The van der Waals surface area contributed by atoms with Gasteiger partial charge in [0.25, 0.3) is 17.7 Å². The van der Waals surface area contributed by atoms with Crippen LogP contribution >= 0.6 is 11.6 Å². The summed E-state index contributed by atoms with van der Waals surface area (Å²) in [6.07, 6.45) is 4.59. The monoisotopic (exact) mass is 452 g/mol. The molecule has 4 rings (SSSR count). The molecule has 2 unspecified atom stereocenters. The molecular weight excluding hydrogens is 432 g/mol. The third-order valence-corrected chi connectivity index (χ3v) is 5.99. The van der Waals surface area contributed by atoms with Crippen LogP contribution < -0.4 is 4.74 Å². The van der Waals surface area contributed by atoms with Crippen LogP contribution in [0.15, 0.2) is 60.7 Å². The Bertz CT molecular complexity index is 1090. The van der Waals surface area contributed by atoms with Crippen molar-refractivity contribution in [1.82, 2.24) is 10.0 Å². The molecule has 0 bridgehead atoms. The van der Waals surface area contributed by atoms with E-state index in [2.05, 4.69) is 0 Å². The lowest BCUT2D eigenvalue weighted by Gasteiger charge is -2.30. The number of benzene rings is 2. The number of methoxy groups -OCH3 is 1. The largest absolute Gasteiger partial charge is 0.497 e. The number of hydrogen-bond acceptors (Lipinski definition) is 5. The Morgan fingerprint density at radius 2 is 1.62 bits per heavy atom. The average Bonchev–Trinajstić information content (AvgIpc) is 3.07. The average molecular weight is 453 g/mol. The summed E-state index contributed by atoms with van der Waals surface area (Å²) in [6.45, 7) is -0.473. The molecule has 32 heavy (non-hydrogen) atoms. The van der Waals surface area contributed by atoms with E-state index in [9.17, 15) is 19.2 Å². The first-order chi connectivity index (χ1) is 15.4. The molecule has 1 saturated heterocycles. The lowest BCUT2D eigenvalue weighted by Crippen LogP contribution is -2.52. The van der Waals surface area contributed by atoms with Gasteiger partial charge in [-0.05, 0) is 49.2 Å². The molecule has 0 N–H and O–H groups in total. The molecule has 164 valence electrons. The fourth-order valence-corrected chi connectivity index (χ4v) is 4.15. The molecule has 1 fully saturated rings. The maximum absolute atomic E-state index is 13.4. The zero-order valence-corrected chi connectivity index (χ0v) is 18.1. The van der Waals surface area contributed by atoms with E-state index in [1.54, 1.807) is 24.3 Å². The van der Waals surface area contributed by atoms with Gasteiger partial charge in [-0.2, -0.15) is 5.01 Å². The highest BCUT2D eigenvalue weighted by molar-refractivity contribution is 6.30. The van der Waals surface area contributed by atoms with Crippen LogP contribution in [0.25, 0.3) is 0 Å². The zero-order valence-electron chi connectivity index (χ0n) is 17.4. The number of ketones is 1. The highest BCUT2D eigenvalue weighted by Crippen LogP contribution is 2.36. The van der Waals surface area contributed by atoms with Gasteiger partial charge in [0.2, 0.25) is 0 Å². The van der Waals surface area contributed by atoms with Gasteiger partial charge in [0.05, 0.1) is 18.9 Å². The Hall–Kier alpha value is -3.45. The van der Waals surface area contributed by atoms with Crippen molar-refractivity contribution in [3.63, 3.8) is 0 Å². The SMILES string of the molecule is COc1cccc(C(=O)CN(C(=O)c2ccc(Cl)cc2)N2C(=O)C3CC=CCC3C2=O)c1. The van der Waals surface area contributed by atoms with Gasteiger partial charge in [0, 0.05) is 16.1 Å². The van der Waals surface area contributed by atoms with E-state index in [1.807, 2.05) is 12.2 Å². The number of carbonyl (C=O) groups excluding carboxylic acids is 4. The Kier molecular flexibility index (Phi) is 6.10. The molecule has 8 heteroatoms. The molecule has 0 spiro atoms. The third kappa shape index (κ3) is 4.03. The number of fused-ring (bicyclic) bond motifs is 1. The first-order valence-electron chi connectivity index (χ1n) is 10.2. The second-order valence-corrected chi connectivity index (χ2v) is 8.11. The highest BCUT2D eigenvalue weighted by atomic mass is 35.5. The van der Waals surface area contributed by atoms with Crippen molar-refractivity contribution < 1.29 is 23.9 Å². The fraction of sp³-hybridized carbons (Fsp3) is 0.250. The van der Waals surface area contributed by atoms with Crippen LogP contribution in [0.2, 0.25) is 5.02 Å². The van der Waals surface area contributed by atoms with Crippen molar-refractivity contribution in [2.24, 2.45) is 11.8 Å². The van der Waals surface area contributed by atoms with E-state index >= 15 is 0 Å². The first kappa shape index (κ1) is 21.8. The van der Waals surface area contributed by atoms with Crippen LogP contribution in [0.4, 0.5) is 0 Å². The summed E-state index contributed by atoms with van der Waals surface area (Å²) < 4.78 is 5.17. The Balaban J connectivity index is 1.69. The fourth-order valence-electron chi connectivity index (χ4n) is 4.02. The number of ether oxygens (including phenoxy) is 1. The number of carbonyl (C=O) groups is 4. The van der Waals surface area contributed by atoms with Gasteiger partial charge < -0.3 is 4.74 Å². The molecule has 2 atom stereocenters. The summed E-state index contributed by atoms with van der Waals surface area (Å²) in [5, 5.41) is 2.25. The maximum atomic E-state index is 13.4. The number of rotatable bonds is 6. The van der Waals surface area contributed by atoms with Crippen LogP contribution in [-0.2, 0) is 9.59 Å². The number of halogens is 1. The second-order valence-electron chi connectivity index (χ2n) is 7.67. The smallest absolute Gasteiger partial charge is 0.273 e. The van der Waals surface area contributed by atoms with Gasteiger partial charge in [0.1, 0.15) is 12.3 Å². The first-order valence-corrected chi connectivity index (χ1v) is 10.6. The number of amides is 3. The molecular formula is C24H21ClN2O5. The summed E-state index contributed by atoms with van der Waals surface area (Å²) in [5.74, 6) is -2.57. The van der Waals surface area contributed by atoms with E-state index in [4.69, 9.17) is 16.3 Å². The van der Waals surface area contributed by atoms with Crippen LogP contribution in [0.5, 0.6) is 5.75 Å². The van der Waals surface area contributed by atoms with Gasteiger partial charge in [-0.3, -0.25) is 19.2 Å². The Morgan fingerprint density at radius 3 is 2.22 bits per heavy atom. The van der Waals surface area contributed by atoms with Gasteiger partial charge in [-0.1, -0.05) is 35.9 Å². The minimum Gasteiger partial charge on any atom is -0.497 e. The number of nitrogens with zero attached hydrogens (tertiary/aromatic N) is 2. The van der Waals surface area contributed by atoms with Gasteiger partial charge in [-0.25, -0.2) is 5.01 Å². The Morgan fingerprint density at radius 1 is 1.00 bits per heavy atom. The van der Waals surface area contributed by atoms with Crippen LogP contribution in [0.1, 0.15) is 33.6 Å². The molecule has 0 aromatic heterocycles. The molecule has 2 aliphatic rings. The summed E-state index contributed by atoms with van der Waals surface area (Å²) >= 11 is 5.93. The van der Waals surface area contributed by atoms with E-state index < -0.39 is 41.9 Å². The minimum absolute atomic E-state index is 0.210. The van der Waals surface area contributed by atoms with Crippen molar-refractivity contribution in [3.8, 4) is 5.75 Å². The second kappa shape index (κ2) is 8.96. The van der Waals surface area contributed by atoms with Crippen molar-refractivity contribution in [3.05, 3.63) is 76.8 Å². The van der Waals surface area contributed by atoms with Crippen molar-refractivity contribution in [2.45, 2.75) is 12.8 Å². The molecule has 1 aliphatic carbocycles. The quantitative estimate of drug-likeness (QED) is 0.380. The molecule has 0 saturated carbocycles. The van der Waals surface area contributed by atoms with E-state index in [0.717, 1.165) is 10.0 Å². The van der Waals surface area contributed by atoms with E-state index in [-0.39, 0.29) is 5.56 Å². The summed E-state index contributed by atoms with van der Waals surface area (Å²) in [4.78, 5) is 52.7. The lowest BCUT2D eigenvalue weighted by atomic mass is 9.85. The van der Waals surface area contributed by atoms with E-state index in [1.165, 1.54) is 31.4 Å². The molecule has 2 aromatic carbocycles. The highest BCUT2D eigenvalue weighted by Gasteiger charge is 2.51. The number of allylic oxidation sites excluding steroid dienone is 2. The van der Waals surface area contributed by atoms with Crippen LogP contribution in [0, 0.1) is 11.8 Å². The van der Waals surface area contributed by atoms with E-state index in [0.29, 0.717) is 29.2 Å². The van der Waals surface area contributed by atoms with Crippen molar-refractivity contribution in [2.75, 3.05) is 13.7 Å². The number of hydrogen-bond donors (Lipinski definition) is 0. The lowest BCUT2D eigenvalue weighted by molar-refractivity contribution is -0.154. The number of hydrazine groups is 1. The molecule has 0 radical (unpaired) electrons. The topological polar surface area (TPSA) is 84.0 Å². The Labute approximate surface area is 190 Å². The predicted octanol–water partition coefficient (Wildman–Crippen LogP) is 3.54. The molecule has 2 aromatic rings. The van der Waals surface area contributed by atoms with Gasteiger partial charge >= 0.3 is 0 Å². The third-order valence-electron chi connectivity index (χ3n) is 5.74. The standard InChI is InChI=1S/C24H21ClN2O5/c1-32-18-6-4-5-16(13-18)21(28)14-26(22(29)15-9-11-17(25)12-10-15)27-23(30)19-7-2-3-8-20(19)24(27)31/h2-6,9-13,19-20H,7-8,14H2,1H3. The molecule has 7 nitrogen and oxygen atoms in total. The van der Waals surface area contributed by atoms with Crippen LogP contribution in [0.3, 0.4) is 0 Å². The summed E-state index contributed by atoms with van der Waals surface area (Å²) in [6, 6.07) is 12.5. The summed E-state index contributed by atoms with van der Waals surface area (Å²) in [5.41, 5.74) is 0.512. The minimum atomic E-state index is -0.633.